The molecule has 0 atom stereocenters. The number of carboxylic acids is 1. The fourth-order valence-corrected chi connectivity index (χ4v) is 3.61. The van der Waals surface area contributed by atoms with Gasteiger partial charge in [0.1, 0.15) is 5.75 Å². The molecule has 0 aromatic heterocycles. The second kappa shape index (κ2) is 7.89. The molecule has 0 aliphatic heterocycles. The number of methoxy groups -OCH3 is 1. The van der Waals surface area contributed by atoms with Gasteiger partial charge in [-0.25, -0.2) is 4.79 Å². The molecular formula is C25H26O3. The molecule has 0 fully saturated rings. The van der Waals surface area contributed by atoms with E-state index in [1.165, 1.54) is 16.7 Å². The number of hydrogen-bond donors (Lipinski definition) is 1. The lowest BCUT2D eigenvalue weighted by Crippen LogP contribution is -1.98. The number of hydrogen-bond acceptors (Lipinski definition) is 2. The van der Waals surface area contributed by atoms with E-state index in [1.807, 2.05) is 25.1 Å². The zero-order valence-electron chi connectivity index (χ0n) is 17.0. The topological polar surface area (TPSA) is 46.5 Å². The van der Waals surface area contributed by atoms with Crippen LogP contribution in [0.1, 0.15) is 46.8 Å². The van der Waals surface area contributed by atoms with Crippen LogP contribution in [-0.2, 0) is 0 Å². The summed E-state index contributed by atoms with van der Waals surface area (Å²) in [6, 6.07) is 17.9. The van der Waals surface area contributed by atoms with E-state index < -0.39 is 5.97 Å². The van der Waals surface area contributed by atoms with Gasteiger partial charge in [-0.2, -0.15) is 0 Å². The van der Waals surface area contributed by atoms with E-state index >= 15 is 0 Å². The third-order valence-electron chi connectivity index (χ3n) is 5.10. The summed E-state index contributed by atoms with van der Waals surface area (Å²) in [5, 5.41) is 9.22. The maximum absolute atomic E-state index is 11.2. The predicted molar refractivity (Wildman–Crippen MR) is 114 cm³/mol. The molecule has 0 radical (unpaired) electrons. The number of carbonyl (C=O) groups is 1. The maximum atomic E-state index is 11.2. The van der Waals surface area contributed by atoms with Crippen molar-refractivity contribution in [3.05, 3.63) is 76.9 Å². The first kappa shape index (κ1) is 19.7. The van der Waals surface area contributed by atoms with Gasteiger partial charge in [0, 0.05) is 5.56 Å². The van der Waals surface area contributed by atoms with Crippen LogP contribution < -0.4 is 4.74 Å². The lowest BCUT2D eigenvalue weighted by atomic mass is 9.88. The predicted octanol–water partition coefficient (Wildman–Crippen LogP) is 6.47. The summed E-state index contributed by atoms with van der Waals surface area (Å²) >= 11 is 0. The van der Waals surface area contributed by atoms with Crippen LogP contribution in [0.3, 0.4) is 0 Å². The summed E-state index contributed by atoms with van der Waals surface area (Å²) < 4.78 is 5.66. The minimum absolute atomic E-state index is 0.301. The van der Waals surface area contributed by atoms with Gasteiger partial charge in [-0.05, 0) is 71.8 Å². The van der Waals surface area contributed by atoms with E-state index in [2.05, 4.69) is 45.0 Å². The number of rotatable bonds is 5. The number of carboxylic acid groups (broad SMARTS) is 1. The lowest BCUT2D eigenvalue weighted by Gasteiger charge is -2.18. The first-order valence-electron chi connectivity index (χ1n) is 9.45. The van der Waals surface area contributed by atoms with E-state index in [4.69, 9.17) is 4.74 Å². The Kier molecular flexibility index (Phi) is 5.55. The molecule has 0 aliphatic rings. The summed E-state index contributed by atoms with van der Waals surface area (Å²) in [6.07, 6.45) is 0. The first-order valence-corrected chi connectivity index (χ1v) is 9.45. The number of aromatic carboxylic acids is 1. The minimum Gasteiger partial charge on any atom is -0.496 e. The van der Waals surface area contributed by atoms with E-state index in [0.717, 1.165) is 28.0 Å². The van der Waals surface area contributed by atoms with Crippen LogP contribution in [0, 0.1) is 13.8 Å². The van der Waals surface area contributed by atoms with Gasteiger partial charge in [-0.3, -0.25) is 0 Å². The van der Waals surface area contributed by atoms with Crippen molar-refractivity contribution in [3.63, 3.8) is 0 Å². The quantitative estimate of drug-likeness (QED) is 0.557. The zero-order valence-corrected chi connectivity index (χ0v) is 17.0. The smallest absolute Gasteiger partial charge is 0.335 e. The van der Waals surface area contributed by atoms with Gasteiger partial charge in [-0.1, -0.05) is 49.7 Å². The Morgan fingerprint density at radius 2 is 1.61 bits per heavy atom. The van der Waals surface area contributed by atoms with Crippen molar-refractivity contribution < 1.29 is 14.6 Å². The van der Waals surface area contributed by atoms with Crippen molar-refractivity contribution in [1.82, 2.24) is 0 Å². The molecule has 0 saturated heterocycles. The Hall–Kier alpha value is -3.07. The summed E-state index contributed by atoms with van der Waals surface area (Å²) in [7, 11) is 1.69. The maximum Gasteiger partial charge on any atom is 0.335 e. The van der Waals surface area contributed by atoms with Gasteiger partial charge in [0.25, 0.3) is 0 Å². The van der Waals surface area contributed by atoms with Crippen LogP contribution >= 0.6 is 0 Å². The molecule has 144 valence electrons. The normalized spacial score (nSPS) is 10.9. The van der Waals surface area contributed by atoms with Crippen LogP contribution in [0.4, 0.5) is 0 Å². The Morgan fingerprint density at radius 1 is 0.893 bits per heavy atom. The summed E-state index contributed by atoms with van der Waals surface area (Å²) in [4.78, 5) is 11.2. The minimum atomic E-state index is -0.911. The van der Waals surface area contributed by atoms with Crippen molar-refractivity contribution in [2.24, 2.45) is 0 Å². The highest BCUT2D eigenvalue weighted by molar-refractivity contribution is 5.89. The monoisotopic (exact) mass is 374 g/mol. The fourth-order valence-electron chi connectivity index (χ4n) is 3.61. The van der Waals surface area contributed by atoms with Crippen LogP contribution in [-0.4, -0.2) is 18.2 Å². The summed E-state index contributed by atoms with van der Waals surface area (Å²) in [5.41, 5.74) is 8.04. The second-order valence-corrected chi connectivity index (χ2v) is 7.50. The number of benzene rings is 3. The molecule has 1 N–H and O–H groups in total. The lowest BCUT2D eigenvalue weighted by molar-refractivity contribution is 0.0697. The average Bonchev–Trinajstić information content (AvgIpc) is 2.67. The van der Waals surface area contributed by atoms with Crippen molar-refractivity contribution >= 4 is 5.97 Å². The number of ether oxygens (including phenoxy) is 1. The van der Waals surface area contributed by atoms with E-state index in [1.54, 1.807) is 19.2 Å². The standard InChI is InChI=1S/C25H26O3/c1-15(2)22-12-16(3)6-9-21(22)23-14-18(8-11-24(23)28-5)20-10-7-19(25(26)27)13-17(20)4/h6-15H,1-5H3,(H,26,27). The molecule has 3 aromatic rings. The molecule has 0 aliphatic carbocycles. The molecule has 0 unspecified atom stereocenters. The van der Waals surface area contributed by atoms with Crippen LogP contribution in [0.5, 0.6) is 5.75 Å². The molecular weight excluding hydrogens is 348 g/mol. The van der Waals surface area contributed by atoms with Gasteiger partial charge in [0.05, 0.1) is 12.7 Å². The van der Waals surface area contributed by atoms with Gasteiger partial charge < -0.3 is 9.84 Å². The van der Waals surface area contributed by atoms with Gasteiger partial charge in [0.2, 0.25) is 0 Å². The molecule has 28 heavy (non-hydrogen) atoms. The molecule has 0 spiro atoms. The molecule has 0 heterocycles. The number of aryl methyl sites for hydroxylation is 2. The van der Waals surface area contributed by atoms with Gasteiger partial charge in [-0.15, -0.1) is 0 Å². The molecule has 3 heteroatoms. The molecule has 0 amide bonds. The Morgan fingerprint density at radius 3 is 2.21 bits per heavy atom. The largest absolute Gasteiger partial charge is 0.496 e. The molecule has 3 aromatic carbocycles. The second-order valence-electron chi connectivity index (χ2n) is 7.50. The van der Waals surface area contributed by atoms with E-state index in [-0.39, 0.29) is 0 Å². The van der Waals surface area contributed by atoms with Crippen molar-refractivity contribution in [3.8, 4) is 28.0 Å². The highest BCUT2D eigenvalue weighted by Gasteiger charge is 2.15. The molecule has 3 rings (SSSR count). The summed E-state index contributed by atoms with van der Waals surface area (Å²) in [5.74, 6) is 0.306. The third kappa shape index (κ3) is 3.79. The van der Waals surface area contributed by atoms with Crippen molar-refractivity contribution in [1.29, 1.82) is 0 Å². The van der Waals surface area contributed by atoms with Gasteiger partial charge >= 0.3 is 5.97 Å². The highest BCUT2D eigenvalue weighted by Crippen LogP contribution is 2.39. The van der Waals surface area contributed by atoms with Crippen molar-refractivity contribution in [2.45, 2.75) is 33.6 Å². The van der Waals surface area contributed by atoms with Crippen molar-refractivity contribution in [2.75, 3.05) is 7.11 Å². The zero-order chi connectivity index (χ0) is 20.4. The first-order chi connectivity index (χ1) is 13.3. The highest BCUT2D eigenvalue weighted by atomic mass is 16.5. The third-order valence-corrected chi connectivity index (χ3v) is 5.10. The molecule has 3 nitrogen and oxygen atoms in total. The Bertz CT molecular complexity index is 1030. The van der Waals surface area contributed by atoms with E-state index in [0.29, 0.717) is 11.5 Å². The van der Waals surface area contributed by atoms with Crippen LogP contribution in [0.15, 0.2) is 54.6 Å². The van der Waals surface area contributed by atoms with E-state index in [9.17, 15) is 9.90 Å². The summed E-state index contributed by atoms with van der Waals surface area (Å²) in [6.45, 7) is 8.44. The Balaban J connectivity index is 2.19. The average molecular weight is 374 g/mol. The SMILES string of the molecule is COc1ccc(-c2ccc(C(=O)O)cc2C)cc1-c1ccc(C)cc1C(C)C. The molecule has 0 saturated carbocycles. The fraction of sp³-hybridized carbons (Fsp3) is 0.240. The Labute approximate surface area is 166 Å². The van der Waals surface area contributed by atoms with Crippen LogP contribution in [0.25, 0.3) is 22.3 Å². The molecule has 0 bridgehead atoms. The van der Waals surface area contributed by atoms with Gasteiger partial charge in [0.15, 0.2) is 0 Å². The van der Waals surface area contributed by atoms with Crippen LogP contribution in [0.2, 0.25) is 0 Å².